The van der Waals surface area contributed by atoms with Crippen molar-refractivity contribution in [2.45, 2.75) is 37.6 Å². The molecule has 5 rings (SSSR count). The molecule has 3 aromatic rings. The molecule has 6 nitrogen and oxygen atoms in total. The van der Waals surface area contributed by atoms with Gasteiger partial charge in [0.25, 0.3) is 0 Å². The van der Waals surface area contributed by atoms with E-state index in [0.717, 1.165) is 37.9 Å². The average molecular weight is 493 g/mol. The lowest BCUT2D eigenvalue weighted by molar-refractivity contribution is -0.136. The van der Waals surface area contributed by atoms with E-state index in [1.54, 1.807) is 25.1 Å². The number of hydrogen-bond acceptors (Lipinski definition) is 5. The number of anilines is 1. The fourth-order valence-electron chi connectivity index (χ4n) is 5.05. The highest BCUT2D eigenvalue weighted by molar-refractivity contribution is 5.82. The number of hydrogen-bond donors (Lipinski definition) is 1. The summed E-state index contributed by atoms with van der Waals surface area (Å²) in [6, 6.07) is 8.79. The predicted octanol–water partition coefficient (Wildman–Crippen LogP) is 4.48. The number of aromatic nitrogens is 2. The third-order valence-corrected chi connectivity index (χ3v) is 6.93. The number of rotatable bonds is 6. The van der Waals surface area contributed by atoms with Gasteiger partial charge in [-0.25, -0.2) is 9.37 Å². The molecule has 1 aliphatic heterocycles. The van der Waals surface area contributed by atoms with Crippen LogP contribution in [0.2, 0.25) is 0 Å². The first kappa shape index (κ1) is 23.9. The predicted molar refractivity (Wildman–Crippen MR) is 124 cm³/mol. The van der Waals surface area contributed by atoms with E-state index in [2.05, 4.69) is 14.8 Å². The molecule has 1 saturated heterocycles. The third kappa shape index (κ3) is 5.08. The number of fused-ring (bicyclic) bond motifs is 1. The number of halogens is 4. The standard InChI is InChI=1S/C25H28F4N4O2/c1-24(34)14-19(15-24)33-16-30-22-13-20(12-21(23(22)33)25(27,28)29)35-11-10-31-6-8-32(9-7-31)18-4-2-17(26)3-5-18/h2-5,12-13,16,19,34H,6-11,14-15H2,1H3. The Hall–Kier alpha value is -2.85. The molecule has 2 heterocycles. The van der Waals surface area contributed by atoms with Gasteiger partial charge >= 0.3 is 6.18 Å². The van der Waals surface area contributed by atoms with Gasteiger partial charge in [-0.05, 0) is 50.1 Å². The van der Waals surface area contributed by atoms with E-state index >= 15 is 0 Å². The van der Waals surface area contributed by atoms with Crippen molar-refractivity contribution < 1.29 is 27.4 Å². The van der Waals surface area contributed by atoms with Crippen molar-refractivity contribution in [2.24, 2.45) is 0 Å². The van der Waals surface area contributed by atoms with Gasteiger partial charge in [0, 0.05) is 50.5 Å². The van der Waals surface area contributed by atoms with Crippen LogP contribution in [0.5, 0.6) is 5.75 Å². The summed E-state index contributed by atoms with van der Waals surface area (Å²) in [5, 5.41) is 10.0. The van der Waals surface area contributed by atoms with Crippen molar-refractivity contribution in [3.63, 3.8) is 0 Å². The van der Waals surface area contributed by atoms with E-state index < -0.39 is 17.3 Å². The van der Waals surface area contributed by atoms with Gasteiger partial charge in [0.1, 0.15) is 18.2 Å². The summed E-state index contributed by atoms with van der Waals surface area (Å²) >= 11 is 0. The van der Waals surface area contributed by atoms with Crippen LogP contribution in [-0.4, -0.2) is 64.5 Å². The molecule has 1 aromatic heterocycles. The van der Waals surface area contributed by atoms with Gasteiger partial charge in [0.2, 0.25) is 0 Å². The first-order valence-electron chi connectivity index (χ1n) is 11.7. The van der Waals surface area contributed by atoms with Gasteiger partial charge in [-0.3, -0.25) is 4.90 Å². The second kappa shape index (κ2) is 8.98. The largest absolute Gasteiger partial charge is 0.492 e. The molecule has 0 atom stereocenters. The highest BCUT2D eigenvalue weighted by atomic mass is 19.4. The number of aliphatic hydroxyl groups is 1. The van der Waals surface area contributed by atoms with E-state index in [1.807, 2.05) is 0 Å². The molecule has 188 valence electrons. The van der Waals surface area contributed by atoms with Crippen molar-refractivity contribution in [3.8, 4) is 5.75 Å². The Morgan fingerprint density at radius 3 is 2.40 bits per heavy atom. The van der Waals surface area contributed by atoms with Crippen molar-refractivity contribution >= 4 is 16.7 Å². The van der Waals surface area contributed by atoms with Crippen LogP contribution < -0.4 is 9.64 Å². The van der Waals surface area contributed by atoms with Crippen LogP contribution in [0.15, 0.2) is 42.7 Å². The first-order chi connectivity index (χ1) is 16.6. The molecule has 1 saturated carbocycles. The van der Waals surface area contributed by atoms with Crippen molar-refractivity contribution in [1.29, 1.82) is 0 Å². The monoisotopic (exact) mass is 492 g/mol. The summed E-state index contributed by atoms with van der Waals surface area (Å²) in [5.41, 5.74) is -0.397. The first-order valence-corrected chi connectivity index (χ1v) is 11.7. The maximum absolute atomic E-state index is 13.9. The lowest BCUT2D eigenvalue weighted by atomic mass is 9.77. The number of benzene rings is 2. The number of alkyl halides is 3. The summed E-state index contributed by atoms with van der Waals surface area (Å²) in [5.74, 6) is -0.125. The molecule has 35 heavy (non-hydrogen) atoms. The molecule has 0 radical (unpaired) electrons. The van der Waals surface area contributed by atoms with Crippen LogP contribution in [0, 0.1) is 5.82 Å². The van der Waals surface area contributed by atoms with Crippen LogP contribution in [0.1, 0.15) is 31.4 Å². The molecule has 0 bridgehead atoms. The van der Waals surface area contributed by atoms with E-state index in [-0.39, 0.29) is 35.2 Å². The molecule has 0 amide bonds. The Bertz CT molecular complexity index is 1180. The summed E-state index contributed by atoms with van der Waals surface area (Å²) in [7, 11) is 0. The zero-order chi connectivity index (χ0) is 24.8. The summed E-state index contributed by atoms with van der Waals surface area (Å²) in [4.78, 5) is 8.58. The highest BCUT2D eigenvalue weighted by Crippen LogP contribution is 2.45. The molecular formula is C25H28F4N4O2. The van der Waals surface area contributed by atoms with Gasteiger partial charge < -0.3 is 19.3 Å². The van der Waals surface area contributed by atoms with Gasteiger partial charge in [-0.1, -0.05) is 0 Å². The minimum atomic E-state index is -4.56. The third-order valence-electron chi connectivity index (χ3n) is 6.93. The van der Waals surface area contributed by atoms with Gasteiger partial charge in [0.15, 0.2) is 0 Å². The normalized spacial score (nSPS) is 23.5. The number of piperazine rings is 1. The Morgan fingerprint density at radius 2 is 1.77 bits per heavy atom. The minimum absolute atomic E-state index is 0.0299. The Kier molecular flexibility index (Phi) is 6.13. The molecule has 0 spiro atoms. The summed E-state index contributed by atoms with van der Waals surface area (Å²) in [6.07, 6.45) is -2.35. The molecule has 2 aliphatic rings. The van der Waals surface area contributed by atoms with Gasteiger partial charge in [0.05, 0.1) is 28.5 Å². The van der Waals surface area contributed by atoms with E-state index in [9.17, 15) is 22.7 Å². The molecule has 0 unspecified atom stereocenters. The van der Waals surface area contributed by atoms with E-state index in [0.29, 0.717) is 19.4 Å². The quantitative estimate of drug-likeness (QED) is 0.515. The fourth-order valence-corrected chi connectivity index (χ4v) is 5.05. The van der Waals surface area contributed by atoms with Crippen LogP contribution in [0.4, 0.5) is 23.2 Å². The Balaban J connectivity index is 1.22. The highest BCUT2D eigenvalue weighted by Gasteiger charge is 2.42. The van der Waals surface area contributed by atoms with Gasteiger partial charge in [-0.15, -0.1) is 0 Å². The molecule has 2 aromatic carbocycles. The Labute approximate surface area is 200 Å². The van der Waals surface area contributed by atoms with Crippen molar-refractivity contribution in [2.75, 3.05) is 44.2 Å². The van der Waals surface area contributed by atoms with Crippen LogP contribution >= 0.6 is 0 Å². The Morgan fingerprint density at radius 1 is 1.09 bits per heavy atom. The fraction of sp³-hybridized carbons (Fsp3) is 0.480. The van der Waals surface area contributed by atoms with Crippen molar-refractivity contribution in [1.82, 2.24) is 14.5 Å². The van der Waals surface area contributed by atoms with Crippen molar-refractivity contribution in [3.05, 3.63) is 54.1 Å². The smallest absolute Gasteiger partial charge is 0.418 e. The summed E-state index contributed by atoms with van der Waals surface area (Å²) < 4.78 is 62.2. The van der Waals surface area contributed by atoms with E-state index in [4.69, 9.17) is 4.74 Å². The van der Waals surface area contributed by atoms with Gasteiger partial charge in [-0.2, -0.15) is 13.2 Å². The second-order valence-electron chi connectivity index (χ2n) is 9.70. The molecule has 1 aliphatic carbocycles. The molecule has 10 heteroatoms. The number of imidazole rings is 1. The SMILES string of the molecule is CC1(O)CC(n2cnc3cc(OCCN4CCN(c5ccc(F)cc5)CC4)cc(C(F)(F)F)c32)C1. The minimum Gasteiger partial charge on any atom is -0.492 e. The summed E-state index contributed by atoms with van der Waals surface area (Å²) in [6.45, 7) is 5.64. The zero-order valence-electron chi connectivity index (χ0n) is 19.4. The maximum Gasteiger partial charge on any atom is 0.418 e. The molecule has 2 fully saturated rings. The lowest BCUT2D eigenvalue weighted by Gasteiger charge is -2.41. The van der Waals surface area contributed by atoms with E-state index in [1.165, 1.54) is 23.0 Å². The maximum atomic E-state index is 13.9. The topological polar surface area (TPSA) is 53.8 Å². The molecule has 1 N–H and O–H groups in total. The van der Waals surface area contributed by atoms with Crippen LogP contribution in [0.25, 0.3) is 11.0 Å². The number of ether oxygens (including phenoxy) is 1. The number of nitrogens with zero attached hydrogens (tertiary/aromatic N) is 4. The molecular weight excluding hydrogens is 464 g/mol. The lowest BCUT2D eigenvalue weighted by Crippen LogP contribution is -2.47. The van der Waals surface area contributed by atoms with Crippen LogP contribution in [-0.2, 0) is 6.18 Å². The zero-order valence-corrected chi connectivity index (χ0v) is 19.4. The average Bonchev–Trinajstić information content (AvgIpc) is 3.21. The van der Waals surface area contributed by atoms with Crippen LogP contribution in [0.3, 0.4) is 0 Å². The second-order valence-corrected chi connectivity index (χ2v) is 9.70.